The van der Waals surface area contributed by atoms with Gasteiger partial charge in [0.2, 0.25) is 0 Å². The van der Waals surface area contributed by atoms with Crippen LogP contribution >= 0.6 is 11.6 Å². The first-order valence-corrected chi connectivity index (χ1v) is 9.37. The number of alkyl halides is 4. The van der Waals surface area contributed by atoms with Crippen LogP contribution in [0.25, 0.3) is 5.57 Å². The normalized spacial score (nSPS) is 13.1. The third-order valence-electron chi connectivity index (χ3n) is 4.67. The monoisotopic (exact) mass is 425 g/mol. The van der Waals surface area contributed by atoms with E-state index in [1.54, 1.807) is 13.8 Å². The molecule has 0 bridgehead atoms. The maximum absolute atomic E-state index is 13.7. The minimum atomic E-state index is -4.80. The van der Waals surface area contributed by atoms with E-state index >= 15 is 0 Å². The molecule has 2 rings (SSSR count). The molecule has 0 heterocycles. The van der Waals surface area contributed by atoms with Gasteiger partial charge in [0.1, 0.15) is 5.82 Å². The molecule has 1 N–H and O–H groups in total. The van der Waals surface area contributed by atoms with Crippen molar-refractivity contribution in [2.24, 2.45) is 0 Å². The molecule has 0 aliphatic carbocycles. The van der Waals surface area contributed by atoms with Crippen LogP contribution < -0.4 is 5.32 Å². The molecule has 2 aromatic rings. The van der Waals surface area contributed by atoms with Gasteiger partial charge in [-0.15, -0.1) is 11.6 Å². The number of nitrogens with one attached hydrogen (secondary N) is 1. The number of allylic oxidation sites excluding steroid dienone is 2. The molecule has 6 heteroatoms. The summed E-state index contributed by atoms with van der Waals surface area (Å²) in [6.07, 6.45) is -4.80. The average Bonchev–Trinajstić information content (AvgIpc) is 2.55. The molecule has 2 aromatic carbocycles. The van der Waals surface area contributed by atoms with Gasteiger partial charge in [0.15, 0.2) is 0 Å². The molecule has 0 radical (unpaired) electrons. The molecule has 0 aromatic heterocycles. The van der Waals surface area contributed by atoms with Crippen LogP contribution in [0.5, 0.6) is 0 Å². The van der Waals surface area contributed by atoms with E-state index in [1.807, 2.05) is 32.0 Å². The average molecular weight is 426 g/mol. The van der Waals surface area contributed by atoms with Gasteiger partial charge >= 0.3 is 6.18 Å². The Hall–Kier alpha value is -2.27. The Bertz CT molecular complexity index is 939. The van der Waals surface area contributed by atoms with Gasteiger partial charge < -0.3 is 5.32 Å². The van der Waals surface area contributed by atoms with E-state index in [1.165, 1.54) is 6.07 Å². The number of benzene rings is 2. The number of rotatable bonds is 6. The lowest BCUT2D eigenvalue weighted by Crippen LogP contribution is -2.27. The highest BCUT2D eigenvalue weighted by Gasteiger charge is 2.37. The Kier molecular flexibility index (Phi) is 6.53. The summed E-state index contributed by atoms with van der Waals surface area (Å²) in [6, 6.07) is 8.57. The number of hydrogen-bond donors (Lipinski definition) is 1. The quantitative estimate of drug-likeness (QED) is 0.366. The maximum Gasteiger partial charge on any atom is 0.419 e. The first-order chi connectivity index (χ1) is 13.2. The van der Waals surface area contributed by atoms with Crippen molar-refractivity contribution in [2.75, 3.05) is 5.32 Å². The summed E-state index contributed by atoms with van der Waals surface area (Å²) in [5, 5.41) is 3.15. The van der Waals surface area contributed by atoms with Gasteiger partial charge in [0.25, 0.3) is 0 Å². The lowest BCUT2D eigenvalue weighted by molar-refractivity contribution is -0.140. The summed E-state index contributed by atoms with van der Waals surface area (Å²) in [5.41, 5.74) is 2.92. The van der Waals surface area contributed by atoms with E-state index < -0.39 is 28.3 Å². The molecule has 0 aliphatic rings. The number of aryl methyl sites for hydroxylation is 1. The molecule has 0 saturated heterocycles. The maximum atomic E-state index is 13.7. The Morgan fingerprint density at radius 2 is 1.69 bits per heavy atom. The van der Waals surface area contributed by atoms with Crippen molar-refractivity contribution in [3.05, 3.63) is 83.3 Å². The van der Waals surface area contributed by atoms with Gasteiger partial charge in [-0.1, -0.05) is 30.9 Å². The molecular formula is C23H24ClF4N. The zero-order chi connectivity index (χ0) is 22.1. The third kappa shape index (κ3) is 5.41. The molecule has 0 amide bonds. The zero-order valence-corrected chi connectivity index (χ0v) is 17.6. The fourth-order valence-corrected chi connectivity index (χ4v) is 3.63. The summed E-state index contributed by atoms with van der Waals surface area (Å²) in [7, 11) is 0. The topological polar surface area (TPSA) is 12.0 Å². The minimum absolute atomic E-state index is 0.225. The van der Waals surface area contributed by atoms with E-state index in [0.29, 0.717) is 11.4 Å². The molecule has 0 aliphatic heterocycles. The summed E-state index contributed by atoms with van der Waals surface area (Å²) < 4.78 is 53.3. The predicted molar refractivity (Wildman–Crippen MR) is 113 cm³/mol. The van der Waals surface area contributed by atoms with E-state index in [0.717, 1.165) is 28.8 Å². The fraction of sp³-hybridized carbons (Fsp3) is 0.304. The van der Waals surface area contributed by atoms with E-state index in [4.69, 9.17) is 11.6 Å². The first kappa shape index (κ1) is 23.0. The van der Waals surface area contributed by atoms with Crippen LogP contribution in [-0.4, -0.2) is 4.87 Å². The SMILES string of the molecule is C=C(C)c1cc(NC(=C)[C@H](c2ccc(F)c(C(F)(F)F)c2)C(C)(C)Cl)ccc1C. The van der Waals surface area contributed by atoms with Crippen molar-refractivity contribution in [3.8, 4) is 0 Å². The first-order valence-electron chi connectivity index (χ1n) is 8.99. The van der Waals surface area contributed by atoms with Crippen molar-refractivity contribution < 1.29 is 17.6 Å². The van der Waals surface area contributed by atoms with Crippen LogP contribution in [0.2, 0.25) is 0 Å². The van der Waals surface area contributed by atoms with Crippen LogP contribution in [-0.2, 0) is 6.18 Å². The lowest BCUT2D eigenvalue weighted by Gasteiger charge is -2.32. The summed E-state index contributed by atoms with van der Waals surface area (Å²) in [5.74, 6) is -2.03. The third-order valence-corrected chi connectivity index (χ3v) is 4.88. The van der Waals surface area contributed by atoms with E-state index in [9.17, 15) is 17.6 Å². The van der Waals surface area contributed by atoms with Crippen molar-refractivity contribution in [2.45, 2.75) is 44.7 Å². The number of anilines is 1. The molecule has 156 valence electrons. The Morgan fingerprint density at radius 1 is 1.07 bits per heavy atom. The van der Waals surface area contributed by atoms with Gasteiger partial charge in [-0.25, -0.2) is 4.39 Å². The van der Waals surface area contributed by atoms with Gasteiger partial charge in [-0.05, 0) is 68.7 Å². The Balaban J connectivity index is 2.46. The van der Waals surface area contributed by atoms with Crippen LogP contribution in [0, 0.1) is 12.7 Å². The van der Waals surface area contributed by atoms with Crippen LogP contribution in [0.15, 0.2) is 55.3 Å². The van der Waals surface area contributed by atoms with Gasteiger partial charge in [-0.3, -0.25) is 0 Å². The second-order valence-corrected chi connectivity index (χ2v) is 8.67. The minimum Gasteiger partial charge on any atom is -0.359 e. The van der Waals surface area contributed by atoms with Gasteiger partial charge in [0.05, 0.1) is 10.4 Å². The second kappa shape index (κ2) is 8.23. The smallest absolute Gasteiger partial charge is 0.359 e. The molecule has 1 nitrogen and oxygen atoms in total. The zero-order valence-electron chi connectivity index (χ0n) is 16.8. The highest BCUT2D eigenvalue weighted by Crippen LogP contribution is 2.41. The molecule has 1 atom stereocenters. The number of halogens is 5. The molecular weight excluding hydrogens is 402 g/mol. The largest absolute Gasteiger partial charge is 0.419 e. The fourth-order valence-electron chi connectivity index (χ4n) is 3.37. The summed E-state index contributed by atoms with van der Waals surface area (Å²) >= 11 is 6.52. The molecule has 29 heavy (non-hydrogen) atoms. The molecule has 0 saturated carbocycles. The Morgan fingerprint density at radius 3 is 2.21 bits per heavy atom. The standard InChI is InChI=1S/C23H24ClF4N/c1-13(2)18-12-17(9-7-14(18)3)29-15(4)21(22(5,6)24)16-8-10-20(25)19(11-16)23(26,27)28/h7-12,21,29H,1,4H2,2-3,5-6H3/t21-/m1/s1. The highest BCUT2D eigenvalue weighted by atomic mass is 35.5. The predicted octanol–water partition coefficient (Wildman–Crippen LogP) is 7.91. The number of hydrogen-bond acceptors (Lipinski definition) is 1. The summed E-state index contributed by atoms with van der Waals surface area (Å²) in [4.78, 5) is -0.980. The lowest BCUT2D eigenvalue weighted by atomic mass is 9.84. The van der Waals surface area contributed by atoms with Crippen molar-refractivity contribution in [1.82, 2.24) is 0 Å². The van der Waals surface area contributed by atoms with Crippen LogP contribution in [0.4, 0.5) is 23.2 Å². The van der Waals surface area contributed by atoms with Crippen LogP contribution in [0.3, 0.4) is 0 Å². The van der Waals surface area contributed by atoms with E-state index in [-0.39, 0.29) is 5.56 Å². The molecule has 0 spiro atoms. The summed E-state index contributed by atoms with van der Waals surface area (Å²) in [6.45, 7) is 15.2. The van der Waals surface area contributed by atoms with Gasteiger partial charge in [-0.2, -0.15) is 13.2 Å². The van der Waals surface area contributed by atoms with Crippen molar-refractivity contribution in [3.63, 3.8) is 0 Å². The van der Waals surface area contributed by atoms with Gasteiger partial charge in [0, 0.05) is 17.3 Å². The second-order valence-electron chi connectivity index (χ2n) is 7.69. The van der Waals surface area contributed by atoms with Crippen LogP contribution in [0.1, 0.15) is 48.9 Å². The van der Waals surface area contributed by atoms with Crippen molar-refractivity contribution >= 4 is 22.9 Å². The van der Waals surface area contributed by atoms with E-state index in [2.05, 4.69) is 18.5 Å². The van der Waals surface area contributed by atoms with Crippen molar-refractivity contribution in [1.29, 1.82) is 0 Å². The molecule has 0 fully saturated rings. The highest BCUT2D eigenvalue weighted by molar-refractivity contribution is 6.24. The Labute approximate surface area is 174 Å². The molecule has 0 unspecified atom stereocenters.